The number of rotatable bonds is 13. The lowest BCUT2D eigenvalue weighted by atomic mass is 10.0. The predicted octanol–water partition coefficient (Wildman–Crippen LogP) is 3.02. The van der Waals surface area contributed by atoms with E-state index in [9.17, 15) is 19.2 Å². The maximum Gasteiger partial charge on any atom is 0.408 e. The summed E-state index contributed by atoms with van der Waals surface area (Å²) >= 11 is 0. The van der Waals surface area contributed by atoms with Gasteiger partial charge in [0, 0.05) is 12.8 Å². The maximum atomic E-state index is 13.1. The van der Waals surface area contributed by atoms with Crippen molar-refractivity contribution in [1.82, 2.24) is 10.6 Å². The highest BCUT2D eigenvalue weighted by molar-refractivity contribution is 5.91. The van der Waals surface area contributed by atoms with Crippen LogP contribution in [0.5, 0.6) is 0 Å². The summed E-state index contributed by atoms with van der Waals surface area (Å²) in [6.45, 7) is 0.128. The molecule has 0 aliphatic rings. The summed E-state index contributed by atoms with van der Waals surface area (Å²) in [6, 6.07) is 25.2. The fourth-order valence-electron chi connectivity index (χ4n) is 3.60. The zero-order valence-corrected chi connectivity index (χ0v) is 20.9. The summed E-state index contributed by atoms with van der Waals surface area (Å²) in [7, 11) is 0. The third-order valence-electron chi connectivity index (χ3n) is 5.64. The molecule has 38 heavy (non-hydrogen) atoms. The Kier molecular flexibility index (Phi) is 10.9. The summed E-state index contributed by atoms with van der Waals surface area (Å²) in [5.41, 5.74) is 7.89. The van der Waals surface area contributed by atoms with Crippen LogP contribution in [0.15, 0.2) is 91.0 Å². The van der Waals surface area contributed by atoms with Gasteiger partial charge in [0.2, 0.25) is 11.8 Å². The first-order chi connectivity index (χ1) is 18.4. The Morgan fingerprint density at radius 3 is 1.68 bits per heavy atom. The second-order valence-electron chi connectivity index (χ2n) is 8.60. The van der Waals surface area contributed by atoms with Gasteiger partial charge in [-0.2, -0.15) is 0 Å². The molecule has 3 aromatic rings. The molecule has 0 aromatic heterocycles. The van der Waals surface area contributed by atoms with Crippen molar-refractivity contribution in [3.05, 3.63) is 108 Å². The van der Waals surface area contributed by atoms with Crippen molar-refractivity contribution in [3.63, 3.8) is 0 Å². The third kappa shape index (κ3) is 9.77. The molecule has 0 heterocycles. The summed E-state index contributed by atoms with van der Waals surface area (Å²) in [4.78, 5) is 49.8. The number of benzene rings is 3. The molecule has 9 nitrogen and oxygen atoms in total. The van der Waals surface area contributed by atoms with Crippen molar-refractivity contribution >= 4 is 23.9 Å². The lowest BCUT2D eigenvalue weighted by molar-refractivity contribution is -0.145. The van der Waals surface area contributed by atoms with Crippen LogP contribution in [0.25, 0.3) is 0 Å². The van der Waals surface area contributed by atoms with Gasteiger partial charge < -0.3 is 25.8 Å². The standard InChI is InChI=1S/C29H31N3O6/c30-27(34)24(16-17-26(33)37-19-22-12-6-2-7-13-22)31-28(35)25(18-21-10-4-1-5-11-21)32-29(36)38-20-23-14-8-3-9-15-23/h1-15,24-25H,16-20H2,(H2,30,34)(H,31,35)(H,32,36). The predicted molar refractivity (Wildman–Crippen MR) is 140 cm³/mol. The van der Waals surface area contributed by atoms with E-state index in [4.69, 9.17) is 15.2 Å². The number of alkyl carbamates (subject to hydrolysis) is 1. The van der Waals surface area contributed by atoms with Crippen LogP contribution in [0.2, 0.25) is 0 Å². The number of amides is 3. The van der Waals surface area contributed by atoms with Crippen molar-refractivity contribution in [2.45, 2.75) is 44.6 Å². The number of carbonyl (C=O) groups is 4. The molecule has 2 atom stereocenters. The summed E-state index contributed by atoms with van der Waals surface area (Å²) in [5, 5.41) is 5.12. The van der Waals surface area contributed by atoms with Gasteiger partial charge in [0.25, 0.3) is 0 Å². The number of nitrogens with two attached hydrogens (primary N) is 1. The van der Waals surface area contributed by atoms with Crippen LogP contribution in [0.4, 0.5) is 4.79 Å². The average Bonchev–Trinajstić information content (AvgIpc) is 2.94. The Labute approximate surface area is 221 Å². The highest BCUT2D eigenvalue weighted by atomic mass is 16.5. The zero-order chi connectivity index (χ0) is 27.2. The first-order valence-electron chi connectivity index (χ1n) is 12.2. The first-order valence-corrected chi connectivity index (χ1v) is 12.2. The molecule has 0 saturated carbocycles. The SMILES string of the molecule is NC(=O)C(CCC(=O)OCc1ccccc1)NC(=O)C(Cc1ccccc1)NC(=O)OCc1ccccc1. The molecular weight excluding hydrogens is 486 g/mol. The maximum absolute atomic E-state index is 13.1. The van der Waals surface area contributed by atoms with Crippen molar-refractivity contribution < 1.29 is 28.7 Å². The molecule has 0 saturated heterocycles. The van der Waals surface area contributed by atoms with Gasteiger partial charge in [-0.05, 0) is 23.1 Å². The highest BCUT2D eigenvalue weighted by Gasteiger charge is 2.27. The van der Waals surface area contributed by atoms with E-state index in [1.165, 1.54) is 0 Å². The Morgan fingerprint density at radius 1 is 0.658 bits per heavy atom. The van der Waals surface area contributed by atoms with Gasteiger partial charge in [-0.1, -0.05) is 91.0 Å². The minimum atomic E-state index is -1.13. The van der Waals surface area contributed by atoms with Gasteiger partial charge in [0.1, 0.15) is 25.3 Å². The van der Waals surface area contributed by atoms with Gasteiger partial charge in [0.15, 0.2) is 0 Å². The Hall–Kier alpha value is -4.66. The first kappa shape index (κ1) is 27.9. The number of nitrogens with one attached hydrogen (secondary N) is 2. The van der Waals surface area contributed by atoms with Crippen LogP contribution in [0, 0.1) is 0 Å². The normalized spacial score (nSPS) is 12.0. The molecule has 3 rings (SSSR count). The number of ether oxygens (including phenoxy) is 2. The van der Waals surface area contributed by atoms with Crippen LogP contribution in [0.1, 0.15) is 29.5 Å². The van der Waals surface area contributed by atoms with Crippen molar-refractivity contribution in [1.29, 1.82) is 0 Å². The lowest BCUT2D eigenvalue weighted by Crippen LogP contribution is -2.53. The quantitative estimate of drug-likeness (QED) is 0.298. The Bertz CT molecular complexity index is 1190. The molecule has 0 aliphatic carbocycles. The molecule has 0 radical (unpaired) electrons. The minimum absolute atomic E-state index is 0.0291. The molecule has 2 unspecified atom stereocenters. The van der Waals surface area contributed by atoms with Crippen molar-refractivity contribution in [2.24, 2.45) is 5.73 Å². The van der Waals surface area contributed by atoms with E-state index < -0.39 is 36.0 Å². The summed E-state index contributed by atoms with van der Waals surface area (Å²) in [5.74, 6) is -1.97. The number of esters is 1. The molecule has 4 N–H and O–H groups in total. The van der Waals surface area contributed by atoms with E-state index in [0.717, 1.165) is 16.7 Å². The lowest BCUT2D eigenvalue weighted by Gasteiger charge is -2.22. The Morgan fingerprint density at radius 2 is 1.16 bits per heavy atom. The van der Waals surface area contributed by atoms with E-state index in [0.29, 0.717) is 0 Å². The van der Waals surface area contributed by atoms with Gasteiger partial charge in [0.05, 0.1) is 0 Å². The molecule has 198 valence electrons. The van der Waals surface area contributed by atoms with Gasteiger partial charge in [-0.3, -0.25) is 14.4 Å². The monoisotopic (exact) mass is 517 g/mol. The topological polar surface area (TPSA) is 137 Å². The Balaban J connectivity index is 1.57. The van der Waals surface area contributed by atoms with Crippen LogP contribution >= 0.6 is 0 Å². The second-order valence-corrected chi connectivity index (χ2v) is 8.60. The number of carbonyl (C=O) groups excluding carboxylic acids is 4. The molecule has 0 spiro atoms. The number of hydrogen-bond acceptors (Lipinski definition) is 6. The average molecular weight is 518 g/mol. The fourth-order valence-corrected chi connectivity index (χ4v) is 3.60. The minimum Gasteiger partial charge on any atom is -0.461 e. The molecule has 3 amide bonds. The molecule has 9 heteroatoms. The van der Waals surface area contributed by atoms with E-state index in [1.807, 2.05) is 91.0 Å². The van der Waals surface area contributed by atoms with Crippen LogP contribution < -0.4 is 16.4 Å². The smallest absolute Gasteiger partial charge is 0.408 e. The van der Waals surface area contributed by atoms with Crippen LogP contribution in [-0.4, -0.2) is 36.0 Å². The van der Waals surface area contributed by atoms with Gasteiger partial charge in [-0.25, -0.2) is 4.79 Å². The third-order valence-corrected chi connectivity index (χ3v) is 5.64. The zero-order valence-electron chi connectivity index (χ0n) is 20.9. The highest BCUT2D eigenvalue weighted by Crippen LogP contribution is 2.08. The van der Waals surface area contributed by atoms with Crippen molar-refractivity contribution in [2.75, 3.05) is 0 Å². The van der Waals surface area contributed by atoms with E-state index in [2.05, 4.69) is 10.6 Å². The van der Waals surface area contributed by atoms with Crippen molar-refractivity contribution in [3.8, 4) is 0 Å². The molecule has 0 fully saturated rings. The largest absolute Gasteiger partial charge is 0.461 e. The number of hydrogen-bond donors (Lipinski definition) is 3. The van der Waals surface area contributed by atoms with E-state index in [-0.39, 0.29) is 32.5 Å². The fraction of sp³-hybridized carbons (Fsp3) is 0.241. The summed E-state index contributed by atoms with van der Waals surface area (Å²) < 4.78 is 10.5. The second kappa shape index (κ2) is 14.8. The van der Waals surface area contributed by atoms with E-state index in [1.54, 1.807) is 0 Å². The molecule has 0 aliphatic heterocycles. The molecule has 3 aromatic carbocycles. The van der Waals surface area contributed by atoms with Crippen LogP contribution in [-0.2, 0) is 43.5 Å². The molecular formula is C29H31N3O6. The molecule has 0 bridgehead atoms. The van der Waals surface area contributed by atoms with Gasteiger partial charge in [-0.15, -0.1) is 0 Å². The summed E-state index contributed by atoms with van der Waals surface area (Å²) in [6.07, 6.45) is -0.815. The van der Waals surface area contributed by atoms with Crippen LogP contribution in [0.3, 0.4) is 0 Å². The number of primary amides is 1. The van der Waals surface area contributed by atoms with Gasteiger partial charge >= 0.3 is 12.1 Å². The van der Waals surface area contributed by atoms with E-state index >= 15 is 0 Å².